The van der Waals surface area contributed by atoms with E-state index < -0.39 is 23.5 Å². The third-order valence-corrected chi connectivity index (χ3v) is 4.88. The number of halogens is 4. The predicted octanol–water partition coefficient (Wildman–Crippen LogP) is 6.03. The lowest BCUT2D eigenvalue weighted by atomic mass is 10.0. The molecule has 1 amide bonds. The Morgan fingerprint density at radius 3 is 2.19 bits per heavy atom. The number of aryl methyl sites for hydroxylation is 2. The molecule has 5 nitrogen and oxygen atoms in total. The molecule has 9 heteroatoms. The summed E-state index contributed by atoms with van der Waals surface area (Å²) in [5.74, 6) is -0.691. The molecule has 0 unspecified atom stereocenters. The Morgan fingerprint density at radius 1 is 0.875 bits per heavy atom. The summed E-state index contributed by atoms with van der Waals surface area (Å²) in [5, 5.41) is 7.99. The van der Waals surface area contributed by atoms with E-state index in [1.54, 1.807) is 30.9 Å². The van der Waals surface area contributed by atoms with Crippen molar-refractivity contribution in [3.63, 3.8) is 0 Å². The quantitative estimate of drug-likeness (QED) is 0.451. The van der Waals surface area contributed by atoms with Gasteiger partial charge in [-0.2, -0.15) is 18.3 Å². The fraction of sp³-hybridized carbons (Fsp3) is 0.261. The van der Waals surface area contributed by atoms with Gasteiger partial charge in [0.05, 0.1) is 22.5 Å². The first-order valence-corrected chi connectivity index (χ1v) is 10.0. The first-order chi connectivity index (χ1) is 15.1. The van der Waals surface area contributed by atoms with Crippen LogP contribution in [-0.2, 0) is 6.18 Å². The summed E-state index contributed by atoms with van der Waals surface area (Å²) in [6, 6.07) is 10.3. The molecule has 1 aromatic heterocycles. The maximum Gasteiger partial charge on any atom is 0.416 e. The first kappa shape index (κ1) is 23.2. The molecule has 1 aliphatic rings. The average molecular weight is 446 g/mol. The van der Waals surface area contributed by atoms with Gasteiger partial charge < -0.3 is 4.90 Å². The normalized spacial score (nSPS) is 13.4. The Balaban J connectivity index is 0.00000141. The number of hydrogen-bond donors (Lipinski definition) is 0. The summed E-state index contributed by atoms with van der Waals surface area (Å²) in [5.41, 5.74) is 0.963. The van der Waals surface area contributed by atoms with Crippen LogP contribution < -0.4 is 9.80 Å². The number of alkyl halides is 3. The van der Waals surface area contributed by atoms with Crippen LogP contribution in [0.1, 0.15) is 41.0 Å². The van der Waals surface area contributed by atoms with Gasteiger partial charge in [0, 0.05) is 5.69 Å². The van der Waals surface area contributed by atoms with Crippen LogP contribution in [0.25, 0.3) is 0 Å². The highest BCUT2D eigenvalue weighted by Gasteiger charge is 2.37. The number of nitrogens with zero attached hydrogens (tertiary/aromatic N) is 4. The van der Waals surface area contributed by atoms with Crippen molar-refractivity contribution in [2.24, 2.45) is 0 Å². The topological polar surface area (TPSA) is 49.3 Å². The Bertz CT molecular complexity index is 1130. The first-order valence-electron chi connectivity index (χ1n) is 10.0. The van der Waals surface area contributed by atoms with Crippen LogP contribution >= 0.6 is 0 Å². The number of benzene rings is 2. The van der Waals surface area contributed by atoms with Gasteiger partial charge in [0.25, 0.3) is 5.91 Å². The lowest BCUT2D eigenvalue weighted by molar-refractivity contribution is -0.137. The van der Waals surface area contributed by atoms with Crippen LogP contribution in [-0.4, -0.2) is 22.8 Å². The van der Waals surface area contributed by atoms with Gasteiger partial charge in [0.2, 0.25) is 0 Å². The summed E-state index contributed by atoms with van der Waals surface area (Å²) in [7, 11) is 0. The Kier molecular flexibility index (Phi) is 6.47. The maximum absolute atomic E-state index is 13.6. The molecule has 0 spiro atoms. The standard InChI is InChI=1S/C21H16F4N4O.C2H6/c1-12-9-15(22)5-7-17(12)28-11-29(19-8-3-13(2)26-27-19)20(30)16-6-4-14(10-18(16)28)21(23,24)25;1-2/h3-10H,11H2,1-2H3;1-2H3. The highest BCUT2D eigenvalue weighted by molar-refractivity contribution is 6.12. The van der Waals surface area contributed by atoms with Crippen molar-refractivity contribution in [3.8, 4) is 0 Å². The zero-order valence-electron chi connectivity index (χ0n) is 18.0. The molecule has 1 aliphatic heterocycles. The second-order valence-corrected chi connectivity index (χ2v) is 7.00. The Morgan fingerprint density at radius 2 is 1.59 bits per heavy atom. The molecule has 0 bridgehead atoms. The molecule has 0 aliphatic carbocycles. The van der Waals surface area contributed by atoms with Gasteiger partial charge in [0.15, 0.2) is 5.82 Å². The molecule has 3 aromatic rings. The molecule has 32 heavy (non-hydrogen) atoms. The molecule has 2 heterocycles. The monoisotopic (exact) mass is 446 g/mol. The van der Waals surface area contributed by atoms with E-state index in [1.165, 1.54) is 23.1 Å². The van der Waals surface area contributed by atoms with Gasteiger partial charge in [-0.3, -0.25) is 9.69 Å². The van der Waals surface area contributed by atoms with Crippen molar-refractivity contribution in [2.45, 2.75) is 33.9 Å². The van der Waals surface area contributed by atoms with Crippen molar-refractivity contribution < 1.29 is 22.4 Å². The molecular formula is C23H22F4N4O. The van der Waals surface area contributed by atoms with Crippen LogP contribution in [0, 0.1) is 19.7 Å². The van der Waals surface area contributed by atoms with Crippen LogP contribution in [0.15, 0.2) is 48.5 Å². The van der Waals surface area contributed by atoms with E-state index in [4.69, 9.17) is 0 Å². The molecule has 4 rings (SSSR count). The number of rotatable bonds is 2. The number of carbonyl (C=O) groups is 1. The van der Waals surface area contributed by atoms with Crippen molar-refractivity contribution in [1.82, 2.24) is 10.2 Å². The largest absolute Gasteiger partial charge is 0.416 e. The van der Waals surface area contributed by atoms with Crippen molar-refractivity contribution in [3.05, 3.63) is 76.7 Å². The van der Waals surface area contributed by atoms with Crippen LogP contribution in [0.4, 0.5) is 34.8 Å². The Hall–Kier alpha value is -3.49. The number of amides is 1. The van der Waals surface area contributed by atoms with E-state index in [0.29, 0.717) is 16.9 Å². The van der Waals surface area contributed by atoms with Crippen LogP contribution in [0.2, 0.25) is 0 Å². The molecule has 168 valence electrons. The van der Waals surface area contributed by atoms with Gasteiger partial charge in [-0.05, 0) is 67.9 Å². The smallest absolute Gasteiger partial charge is 0.322 e. The number of fused-ring (bicyclic) bond motifs is 1. The van der Waals surface area contributed by atoms with Gasteiger partial charge in [0.1, 0.15) is 12.5 Å². The van der Waals surface area contributed by atoms with Crippen molar-refractivity contribution >= 4 is 23.1 Å². The summed E-state index contributed by atoms with van der Waals surface area (Å²) >= 11 is 0. The molecule has 0 N–H and O–H groups in total. The second kappa shape index (κ2) is 8.94. The zero-order chi connectivity index (χ0) is 23.6. The number of carbonyl (C=O) groups excluding carboxylic acids is 1. The average Bonchev–Trinajstić information content (AvgIpc) is 2.76. The second-order valence-electron chi connectivity index (χ2n) is 7.00. The lowest BCUT2D eigenvalue weighted by Gasteiger charge is -2.38. The fourth-order valence-corrected chi connectivity index (χ4v) is 3.38. The van der Waals surface area contributed by atoms with Gasteiger partial charge in [-0.1, -0.05) is 13.8 Å². The molecular weight excluding hydrogens is 424 g/mol. The van der Waals surface area contributed by atoms with Gasteiger partial charge >= 0.3 is 6.18 Å². The third kappa shape index (κ3) is 4.42. The molecule has 2 aromatic carbocycles. The predicted molar refractivity (Wildman–Crippen MR) is 115 cm³/mol. The SMILES string of the molecule is CC.Cc1ccc(N2CN(c3ccc(F)cc3C)c3cc(C(F)(F)F)ccc3C2=O)nn1. The van der Waals surface area contributed by atoms with E-state index in [1.807, 2.05) is 13.8 Å². The summed E-state index contributed by atoms with van der Waals surface area (Å²) < 4.78 is 53.6. The molecule has 0 fully saturated rings. The fourth-order valence-electron chi connectivity index (χ4n) is 3.38. The highest BCUT2D eigenvalue weighted by Crippen LogP contribution is 2.40. The molecule has 0 saturated carbocycles. The minimum atomic E-state index is -4.57. The van der Waals surface area contributed by atoms with E-state index in [-0.39, 0.29) is 23.7 Å². The van der Waals surface area contributed by atoms with E-state index in [2.05, 4.69) is 10.2 Å². The Labute approximate surface area is 183 Å². The molecule has 0 radical (unpaired) electrons. The molecule has 0 saturated heterocycles. The van der Waals surface area contributed by atoms with E-state index >= 15 is 0 Å². The lowest BCUT2D eigenvalue weighted by Crippen LogP contribution is -2.45. The number of hydrogen-bond acceptors (Lipinski definition) is 4. The van der Waals surface area contributed by atoms with E-state index in [9.17, 15) is 22.4 Å². The maximum atomic E-state index is 13.6. The van der Waals surface area contributed by atoms with Gasteiger partial charge in [-0.25, -0.2) is 4.39 Å². The van der Waals surface area contributed by atoms with Gasteiger partial charge in [-0.15, -0.1) is 5.10 Å². The third-order valence-electron chi connectivity index (χ3n) is 4.88. The van der Waals surface area contributed by atoms with E-state index in [0.717, 1.165) is 18.2 Å². The van der Waals surface area contributed by atoms with Crippen molar-refractivity contribution in [2.75, 3.05) is 16.5 Å². The van der Waals surface area contributed by atoms with Crippen LogP contribution in [0.5, 0.6) is 0 Å². The summed E-state index contributed by atoms with van der Waals surface area (Å²) in [4.78, 5) is 15.9. The number of anilines is 3. The minimum Gasteiger partial charge on any atom is -0.322 e. The minimum absolute atomic E-state index is 0.0837. The summed E-state index contributed by atoms with van der Waals surface area (Å²) in [6.45, 7) is 7.30. The highest BCUT2D eigenvalue weighted by atomic mass is 19.4. The van der Waals surface area contributed by atoms with Crippen molar-refractivity contribution in [1.29, 1.82) is 0 Å². The van der Waals surface area contributed by atoms with Crippen LogP contribution in [0.3, 0.4) is 0 Å². The summed E-state index contributed by atoms with van der Waals surface area (Å²) in [6.07, 6.45) is -4.57. The zero-order valence-corrected chi connectivity index (χ0v) is 18.0. The number of aromatic nitrogens is 2. The molecule has 0 atom stereocenters.